The number of hydrogen-bond acceptors (Lipinski definition) is 2. The lowest BCUT2D eigenvalue weighted by molar-refractivity contribution is -0.138. The Morgan fingerprint density at radius 2 is 2.00 bits per heavy atom. The van der Waals surface area contributed by atoms with E-state index in [2.05, 4.69) is 19.0 Å². The van der Waals surface area contributed by atoms with Gasteiger partial charge in [-0.05, 0) is 19.8 Å². The third kappa shape index (κ3) is 1.18. The smallest absolute Gasteiger partial charge is 0.0809 e. The summed E-state index contributed by atoms with van der Waals surface area (Å²) >= 11 is 0. The quantitative estimate of drug-likeness (QED) is 0.529. The van der Waals surface area contributed by atoms with Crippen LogP contribution in [0.2, 0.25) is 0 Å². The van der Waals surface area contributed by atoms with Gasteiger partial charge in [0.2, 0.25) is 0 Å². The highest BCUT2D eigenvalue weighted by Crippen LogP contribution is 2.36. The van der Waals surface area contributed by atoms with Crippen LogP contribution in [0.3, 0.4) is 0 Å². The van der Waals surface area contributed by atoms with Gasteiger partial charge in [-0.25, -0.2) is 0 Å². The maximum atomic E-state index is 5.64. The van der Waals surface area contributed by atoms with Crippen molar-refractivity contribution in [3.8, 4) is 0 Å². The van der Waals surface area contributed by atoms with Gasteiger partial charge in [-0.1, -0.05) is 12.8 Å². The second kappa shape index (κ2) is 2.76. The molecule has 2 heteroatoms. The molecule has 0 radical (unpaired) electrons. The third-order valence-corrected chi connectivity index (χ3v) is 3.18. The summed E-state index contributed by atoms with van der Waals surface area (Å²) in [6.45, 7) is 2.20. The van der Waals surface area contributed by atoms with Crippen molar-refractivity contribution in [2.24, 2.45) is 5.92 Å². The Hall–Kier alpha value is -0.0800. The predicted octanol–water partition coefficient (Wildman–Crippen LogP) is 1.81. The van der Waals surface area contributed by atoms with Crippen molar-refractivity contribution in [1.82, 2.24) is 5.06 Å². The Morgan fingerprint density at radius 1 is 1.27 bits per heavy atom. The standard InChI is InChI=1S/C9H17NO/c1-7-8-5-3-4-6-9(8)10(2)11-7/h7-9H,3-6H2,1-2H3. The maximum Gasteiger partial charge on any atom is 0.0809 e. The van der Waals surface area contributed by atoms with E-state index >= 15 is 0 Å². The molecule has 1 aliphatic carbocycles. The molecule has 1 saturated carbocycles. The third-order valence-electron chi connectivity index (χ3n) is 3.18. The van der Waals surface area contributed by atoms with Crippen LogP contribution in [0.1, 0.15) is 32.6 Å². The first-order valence-electron chi connectivity index (χ1n) is 4.68. The van der Waals surface area contributed by atoms with E-state index in [-0.39, 0.29) is 0 Å². The summed E-state index contributed by atoms with van der Waals surface area (Å²) in [6, 6.07) is 0.721. The van der Waals surface area contributed by atoms with Gasteiger partial charge in [0.15, 0.2) is 0 Å². The molecule has 0 amide bonds. The van der Waals surface area contributed by atoms with E-state index in [1.165, 1.54) is 25.7 Å². The fourth-order valence-corrected chi connectivity index (χ4v) is 2.56. The molecule has 3 unspecified atom stereocenters. The van der Waals surface area contributed by atoms with Crippen molar-refractivity contribution >= 4 is 0 Å². The first kappa shape index (κ1) is 7.56. The fourth-order valence-electron chi connectivity index (χ4n) is 2.56. The zero-order chi connectivity index (χ0) is 7.84. The molecule has 11 heavy (non-hydrogen) atoms. The van der Waals surface area contributed by atoms with Gasteiger partial charge in [0, 0.05) is 19.0 Å². The van der Waals surface area contributed by atoms with E-state index in [0.717, 1.165) is 12.0 Å². The van der Waals surface area contributed by atoms with Crippen LogP contribution in [-0.4, -0.2) is 24.3 Å². The number of hydroxylamine groups is 2. The molecule has 0 aromatic carbocycles. The molecule has 0 spiro atoms. The van der Waals surface area contributed by atoms with E-state index in [1.54, 1.807) is 0 Å². The topological polar surface area (TPSA) is 12.5 Å². The molecule has 0 aromatic heterocycles. The van der Waals surface area contributed by atoms with Crippen LogP contribution in [0.25, 0.3) is 0 Å². The molecule has 0 aromatic rings. The highest BCUT2D eigenvalue weighted by molar-refractivity contribution is 4.87. The molecule has 3 atom stereocenters. The van der Waals surface area contributed by atoms with Crippen molar-refractivity contribution in [3.05, 3.63) is 0 Å². The second-order valence-electron chi connectivity index (χ2n) is 3.87. The van der Waals surface area contributed by atoms with E-state index in [4.69, 9.17) is 4.84 Å². The lowest BCUT2D eigenvalue weighted by Gasteiger charge is -2.27. The average Bonchev–Trinajstić information content (AvgIpc) is 2.30. The first-order chi connectivity index (χ1) is 5.29. The molecule has 2 aliphatic rings. The van der Waals surface area contributed by atoms with Gasteiger partial charge in [0.05, 0.1) is 6.10 Å². The Bertz CT molecular complexity index is 132. The Balaban J connectivity index is 2.07. The number of hydrogen-bond donors (Lipinski definition) is 0. The Morgan fingerprint density at radius 3 is 2.73 bits per heavy atom. The number of nitrogens with zero attached hydrogens (tertiary/aromatic N) is 1. The summed E-state index contributed by atoms with van der Waals surface area (Å²) in [7, 11) is 2.08. The lowest BCUT2D eigenvalue weighted by Crippen LogP contribution is -2.31. The molecule has 0 bridgehead atoms. The molecule has 1 aliphatic heterocycles. The van der Waals surface area contributed by atoms with Crippen LogP contribution >= 0.6 is 0 Å². The van der Waals surface area contributed by atoms with Gasteiger partial charge in [-0.3, -0.25) is 4.84 Å². The van der Waals surface area contributed by atoms with Crippen molar-refractivity contribution < 1.29 is 4.84 Å². The van der Waals surface area contributed by atoms with Crippen molar-refractivity contribution in [3.63, 3.8) is 0 Å². The number of rotatable bonds is 0. The molecular weight excluding hydrogens is 138 g/mol. The monoisotopic (exact) mass is 155 g/mol. The fraction of sp³-hybridized carbons (Fsp3) is 1.00. The predicted molar refractivity (Wildman–Crippen MR) is 44.1 cm³/mol. The highest BCUT2D eigenvalue weighted by Gasteiger charge is 2.39. The van der Waals surface area contributed by atoms with Crippen molar-refractivity contribution in [2.45, 2.75) is 44.8 Å². The normalized spacial score (nSPS) is 45.8. The van der Waals surface area contributed by atoms with Crippen LogP contribution in [0.4, 0.5) is 0 Å². The van der Waals surface area contributed by atoms with Crippen LogP contribution in [0, 0.1) is 5.92 Å². The molecular formula is C9H17NO. The number of fused-ring (bicyclic) bond motifs is 1. The summed E-state index contributed by atoms with van der Waals surface area (Å²) in [5.41, 5.74) is 0. The summed E-state index contributed by atoms with van der Waals surface area (Å²) in [5.74, 6) is 0.814. The minimum atomic E-state index is 0.463. The summed E-state index contributed by atoms with van der Waals surface area (Å²) < 4.78 is 0. The summed E-state index contributed by atoms with van der Waals surface area (Å²) in [6.07, 6.45) is 5.97. The van der Waals surface area contributed by atoms with Crippen LogP contribution < -0.4 is 0 Å². The van der Waals surface area contributed by atoms with Crippen LogP contribution in [0.15, 0.2) is 0 Å². The van der Waals surface area contributed by atoms with Gasteiger partial charge >= 0.3 is 0 Å². The van der Waals surface area contributed by atoms with Gasteiger partial charge in [0.25, 0.3) is 0 Å². The van der Waals surface area contributed by atoms with E-state index < -0.39 is 0 Å². The molecule has 64 valence electrons. The van der Waals surface area contributed by atoms with Gasteiger partial charge in [0.1, 0.15) is 0 Å². The van der Waals surface area contributed by atoms with Crippen LogP contribution in [0.5, 0.6) is 0 Å². The molecule has 1 heterocycles. The summed E-state index contributed by atoms with van der Waals surface area (Å²) in [5, 5.41) is 2.08. The zero-order valence-corrected chi connectivity index (χ0v) is 7.42. The molecule has 1 saturated heterocycles. The largest absolute Gasteiger partial charge is 0.296 e. The van der Waals surface area contributed by atoms with Gasteiger partial charge in [-0.2, -0.15) is 5.06 Å². The second-order valence-corrected chi connectivity index (χ2v) is 3.87. The summed E-state index contributed by atoms with van der Waals surface area (Å²) in [4.78, 5) is 5.64. The zero-order valence-electron chi connectivity index (χ0n) is 7.42. The van der Waals surface area contributed by atoms with Crippen LogP contribution in [-0.2, 0) is 4.84 Å². The Kier molecular flexibility index (Phi) is 1.90. The molecule has 2 fully saturated rings. The molecule has 0 N–H and O–H groups in total. The van der Waals surface area contributed by atoms with Gasteiger partial charge < -0.3 is 0 Å². The molecule has 2 nitrogen and oxygen atoms in total. The highest BCUT2D eigenvalue weighted by atomic mass is 16.7. The maximum absolute atomic E-state index is 5.64. The van der Waals surface area contributed by atoms with E-state index in [9.17, 15) is 0 Å². The van der Waals surface area contributed by atoms with Crippen molar-refractivity contribution in [1.29, 1.82) is 0 Å². The van der Waals surface area contributed by atoms with Crippen molar-refractivity contribution in [2.75, 3.05) is 7.05 Å². The van der Waals surface area contributed by atoms with E-state index in [1.807, 2.05) is 0 Å². The van der Waals surface area contributed by atoms with Gasteiger partial charge in [-0.15, -0.1) is 0 Å². The average molecular weight is 155 g/mol. The lowest BCUT2D eigenvalue weighted by atomic mass is 9.82. The Labute approximate surface area is 68.5 Å². The minimum Gasteiger partial charge on any atom is -0.296 e. The minimum absolute atomic E-state index is 0.463. The first-order valence-corrected chi connectivity index (χ1v) is 4.68. The SMILES string of the molecule is CC1ON(C)C2CCCCC12. The van der Waals surface area contributed by atoms with E-state index in [0.29, 0.717) is 6.10 Å². The molecule has 2 rings (SSSR count).